The van der Waals surface area contributed by atoms with Crippen LogP contribution in [0.5, 0.6) is 0 Å². The Morgan fingerprint density at radius 2 is 1.29 bits per heavy atom. The molecular formula is C41H41N3O7. The first-order valence-corrected chi connectivity index (χ1v) is 16.6. The Morgan fingerprint density at radius 3 is 1.82 bits per heavy atom. The first-order chi connectivity index (χ1) is 24.3. The van der Waals surface area contributed by atoms with Crippen LogP contribution >= 0.6 is 0 Å². The van der Waals surface area contributed by atoms with Crippen molar-refractivity contribution < 1.29 is 33.4 Å². The van der Waals surface area contributed by atoms with Crippen LogP contribution in [0.3, 0.4) is 0 Å². The molecule has 0 fully saturated rings. The minimum Gasteiger partial charge on any atom is -0.467 e. The lowest BCUT2D eigenvalue weighted by Gasteiger charge is -2.24. The van der Waals surface area contributed by atoms with Crippen molar-refractivity contribution in [1.82, 2.24) is 10.6 Å². The van der Waals surface area contributed by atoms with Crippen LogP contribution in [0.25, 0.3) is 11.1 Å². The Hall–Kier alpha value is -5.92. The fourth-order valence-corrected chi connectivity index (χ4v) is 5.77. The van der Waals surface area contributed by atoms with Crippen LogP contribution in [0.1, 0.15) is 77.8 Å². The van der Waals surface area contributed by atoms with Gasteiger partial charge in [-0.25, -0.2) is 14.4 Å². The highest BCUT2D eigenvalue weighted by molar-refractivity contribution is 5.97. The number of carbonyl (C=O) groups is 4. The molecule has 1 unspecified atom stereocenters. The van der Waals surface area contributed by atoms with Crippen LogP contribution in [0, 0.1) is 11.8 Å². The number of fused-ring (bicyclic) bond motifs is 3. The molecule has 1 aliphatic carbocycles. The smallest absolute Gasteiger partial charge is 0.407 e. The van der Waals surface area contributed by atoms with E-state index in [1.54, 1.807) is 76.2 Å². The summed E-state index contributed by atoms with van der Waals surface area (Å²) in [5.41, 5.74) is 12.0. The molecule has 3 atom stereocenters. The van der Waals surface area contributed by atoms with Crippen molar-refractivity contribution in [2.75, 3.05) is 13.7 Å². The summed E-state index contributed by atoms with van der Waals surface area (Å²) in [5.74, 6) is 4.19. The van der Waals surface area contributed by atoms with Crippen LogP contribution < -0.4 is 16.4 Å². The highest BCUT2D eigenvalue weighted by atomic mass is 16.6. The van der Waals surface area contributed by atoms with E-state index in [9.17, 15) is 19.2 Å². The third-order valence-corrected chi connectivity index (χ3v) is 8.36. The molecule has 10 heteroatoms. The minimum absolute atomic E-state index is 0.102. The van der Waals surface area contributed by atoms with E-state index in [-0.39, 0.29) is 18.1 Å². The molecule has 0 saturated carbocycles. The summed E-state index contributed by atoms with van der Waals surface area (Å²) in [6, 6.07) is 26.6. The molecule has 0 saturated heterocycles. The summed E-state index contributed by atoms with van der Waals surface area (Å²) >= 11 is 0. The molecule has 4 aromatic rings. The SMILES string of the molecule is COC(=O)[C@@H](NC(=O)c1ccc(C#Cc2ccc(C(N)C(=O)OC(C)(C)C)cc2)cc1)[C@@H](C)NC(=O)OCC1c2ccccc2-c2ccccc21. The molecule has 1 aliphatic rings. The first kappa shape index (κ1) is 36.4. The van der Waals surface area contributed by atoms with Crippen molar-refractivity contribution in [2.45, 2.75) is 57.3 Å². The summed E-state index contributed by atoms with van der Waals surface area (Å²) in [4.78, 5) is 51.0. The Bertz CT molecular complexity index is 1930. The zero-order valence-electron chi connectivity index (χ0n) is 29.2. The number of nitrogens with one attached hydrogen (secondary N) is 2. The van der Waals surface area contributed by atoms with Gasteiger partial charge >= 0.3 is 18.0 Å². The molecule has 4 N–H and O–H groups in total. The van der Waals surface area contributed by atoms with Gasteiger partial charge in [-0.05, 0) is 91.9 Å². The summed E-state index contributed by atoms with van der Waals surface area (Å²) < 4.78 is 15.9. The van der Waals surface area contributed by atoms with E-state index in [4.69, 9.17) is 19.9 Å². The van der Waals surface area contributed by atoms with E-state index in [0.717, 1.165) is 22.3 Å². The quantitative estimate of drug-likeness (QED) is 0.117. The van der Waals surface area contributed by atoms with Crippen molar-refractivity contribution in [3.8, 4) is 23.0 Å². The lowest BCUT2D eigenvalue weighted by molar-refractivity contribution is -0.156. The van der Waals surface area contributed by atoms with Crippen molar-refractivity contribution in [3.05, 3.63) is 130 Å². The van der Waals surface area contributed by atoms with E-state index in [1.165, 1.54) is 7.11 Å². The average molecular weight is 688 g/mol. The highest BCUT2D eigenvalue weighted by Crippen LogP contribution is 2.44. The Morgan fingerprint density at radius 1 is 0.765 bits per heavy atom. The molecule has 0 aromatic heterocycles. The van der Waals surface area contributed by atoms with Gasteiger partial charge in [0.1, 0.15) is 24.3 Å². The monoisotopic (exact) mass is 687 g/mol. The Balaban J connectivity index is 1.16. The number of hydrogen-bond donors (Lipinski definition) is 3. The second-order valence-electron chi connectivity index (χ2n) is 13.2. The fraction of sp³-hybridized carbons (Fsp3) is 0.268. The van der Waals surface area contributed by atoms with Crippen LogP contribution in [0.2, 0.25) is 0 Å². The van der Waals surface area contributed by atoms with Crippen LogP contribution in [0.15, 0.2) is 97.1 Å². The number of rotatable bonds is 9. The van der Waals surface area contributed by atoms with Gasteiger partial charge in [0.05, 0.1) is 13.2 Å². The standard InChI is InChI=1S/C41H41N3O7/c1-25(43-40(48)50-24-34-32-12-8-6-10-30(32)31-11-7-9-13-33(31)34)36(39(47)49-5)44-37(45)29-22-18-27(19-23-29)15-14-26-16-20-28(21-17-26)35(42)38(46)51-41(2,3)4/h6-13,16-23,25,34-36H,24,42H2,1-5H3,(H,43,48)(H,44,45)/t25-,35?,36+/m1/s1. The van der Waals surface area contributed by atoms with Gasteiger partial charge in [-0.3, -0.25) is 4.79 Å². The molecule has 2 amide bonds. The molecule has 0 aliphatic heterocycles. The predicted molar refractivity (Wildman–Crippen MR) is 193 cm³/mol. The number of carbonyl (C=O) groups excluding carboxylic acids is 4. The molecule has 4 aromatic carbocycles. The maximum atomic E-state index is 13.2. The number of methoxy groups -OCH3 is 1. The molecule has 0 radical (unpaired) electrons. The molecule has 51 heavy (non-hydrogen) atoms. The van der Waals surface area contributed by atoms with Crippen LogP contribution in [-0.4, -0.2) is 55.3 Å². The molecule has 5 rings (SSSR count). The number of amides is 2. The van der Waals surface area contributed by atoms with E-state index >= 15 is 0 Å². The second-order valence-corrected chi connectivity index (χ2v) is 13.2. The van der Waals surface area contributed by atoms with Crippen LogP contribution in [-0.2, 0) is 23.8 Å². The van der Waals surface area contributed by atoms with Crippen LogP contribution in [0.4, 0.5) is 4.79 Å². The molecule has 0 spiro atoms. The van der Waals surface area contributed by atoms with E-state index in [2.05, 4.69) is 34.6 Å². The van der Waals surface area contributed by atoms with E-state index in [0.29, 0.717) is 16.7 Å². The minimum atomic E-state index is -1.19. The number of esters is 2. The number of alkyl carbamates (subject to hydrolysis) is 1. The lowest BCUT2D eigenvalue weighted by atomic mass is 9.98. The molecule has 262 valence electrons. The van der Waals surface area contributed by atoms with Crippen molar-refractivity contribution in [3.63, 3.8) is 0 Å². The summed E-state index contributed by atoms with van der Waals surface area (Å²) in [6.45, 7) is 7.03. The Labute approximate surface area is 297 Å². The molecule has 10 nitrogen and oxygen atoms in total. The molecule has 0 heterocycles. The summed E-state index contributed by atoms with van der Waals surface area (Å²) in [5, 5.41) is 5.33. The largest absolute Gasteiger partial charge is 0.467 e. The van der Waals surface area contributed by atoms with Gasteiger partial charge in [0.15, 0.2) is 0 Å². The van der Waals surface area contributed by atoms with E-state index in [1.807, 2.05) is 36.4 Å². The van der Waals surface area contributed by atoms with Crippen molar-refractivity contribution in [1.29, 1.82) is 0 Å². The normalized spacial score (nSPS) is 13.6. The zero-order chi connectivity index (χ0) is 36.7. The third kappa shape index (κ3) is 9.01. The maximum Gasteiger partial charge on any atom is 0.407 e. The molecular weight excluding hydrogens is 646 g/mol. The maximum absolute atomic E-state index is 13.2. The van der Waals surface area contributed by atoms with Gasteiger partial charge in [0, 0.05) is 22.6 Å². The topological polar surface area (TPSA) is 146 Å². The second kappa shape index (κ2) is 15.7. The highest BCUT2D eigenvalue weighted by Gasteiger charge is 2.32. The van der Waals surface area contributed by atoms with Gasteiger partial charge < -0.3 is 30.6 Å². The van der Waals surface area contributed by atoms with Crippen molar-refractivity contribution >= 4 is 23.9 Å². The lowest BCUT2D eigenvalue weighted by Crippen LogP contribution is -2.54. The zero-order valence-corrected chi connectivity index (χ0v) is 29.2. The number of ether oxygens (including phenoxy) is 3. The van der Waals surface area contributed by atoms with Gasteiger partial charge in [-0.1, -0.05) is 72.5 Å². The van der Waals surface area contributed by atoms with Gasteiger partial charge in [0.2, 0.25) is 0 Å². The number of benzene rings is 4. The average Bonchev–Trinajstić information content (AvgIpc) is 3.44. The third-order valence-electron chi connectivity index (χ3n) is 8.36. The fourth-order valence-electron chi connectivity index (χ4n) is 5.77. The van der Waals surface area contributed by atoms with Gasteiger partial charge in [-0.15, -0.1) is 0 Å². The number of hydrogen-bond acceptors (Lipinski definition) is 8. The predicted octanol–water partition coefficient (Wildman–Crippen LogP) is 5.63. The first-order valence-electron chi connectivity index (χ1n) is 16.6. The number of nitrogens with two attached hydrogens (primary N) is 1. The summed E-state index contributed by atoms with van der Waals surface area (Å²) in [7, 11) is 1.21. The van der Waals surface area contributed by atoms with E-state index < -0.39 is 47.7 Å². The Kier molecular flexibility index (Phi) is 11.2. The van der Waals surface area contributed by atoms with Crippen molar-refractivity contribution in [2.24, 2.45) is 5.73 Å². The molecule has 0 bridgehead atoms. The summed E-state index contributed by atoms with van der Waals surface area (Å²) in [6.07, 6.45) is -0.726. The van der Waals surface area contributed by atoms with Gasteiger partial charge in [0.25, 0.3) is 5.91 Å². The van der Waals surface area contributed by atoms with Gasteiger partial charge in [-0.2, -0.15) is 0 Å².